The summed E-state index contributed by atoms with van der Waals surface area (Å²) in [5, 5.41) is 6.91. The number of hydrogen-bond acceptors (Lipinski definition) is 3. The van der Waals surface area contributed by atoms with Crippen molar-refractivity contribution in [2.75, 3.05) is 33.4 Å². The first-order valence-electron chi connectivity index (χ1n) is 10.2. The van der Waals surface area contributed by atoms with Crippen LogP contribution in [0.5, 0.6) is 5.75 Å². The normalized spacial score (nSPS) is 20.5. The number of hydrogen-bond donors (Lipinski definition) is 2. The Morgan fingerprint density at radius 3 is 2.79 bits per heavy atom. The molecule has 0 aliphatic carbocycles. The number of aliphatic imine (C=N–C) groups is 1. The van der Waals surface area contributed by atoms with E-state index in [1.165, 1.54) is 16.7 Å². The van der Waals surface area contributed by atoms with Crippen molar-refractivity contribution in [2.24, 2.45) is 10.9 Å². The van der Waals surface area contributed by atoms with E-state index in [1.807, 2.05) is 13.1 Å². The van der Waals surface area contributed by atoms with Crippen LogP contribution >= 0.6 is 24.0 Å². The Morgan fingerprint density at radius 2 is 1.97 bits per heavy atom. The molecular formula is C23H30IN3O2. The molecule has 2 N–H and O–H groups in total. The van der Waals surface area contributed by atoms with Crippen LogP contribution in [0.1, 0.15) is 29.2 Å². The third-order valence-corrected chi connectivity index (χ3v) is 5.56. The topological polar surface area (TPSA) is 54.9 Å². The molecule has 6 heteroatoms. The molecule has 2 unspecified atom stereocenters. The van der Waals surface area contributed by atoms with Crippen molar-refractivity contribution >= 4 is 29.9 Å². The Balaban J connectivity index is 0.00000240. The van der Waals surface area contributed by atoms with Gasteiger partial charge in [-0.25, -0.2) is 0 Å². The highest BCUT2D eigenvalue weighted by Gasteiger charge is 2.29. The van der Waals surface area contributed by atoms with Gasteiger partial charge in [0.2, 0.25) is 0 Å². The third kappa shape index (κ3) is 5.63. The van der Waals surface area contributed by atoms with Gasteiger partial charge in [0.25, 0.3) is 0 Å². The quantitative estimate of drug-likeness (QED) is 0.356. The molecule has 0 bridgehead atoms. The van der Waals surface area contributed by atoms with Crippen LogP contribution in [-0.2, 0) is 17.6 Å². The average molecular weight is 507 g/mol. The summed E-state index contributed by atoms with van der Waals surface area (Å²) in [5.74, 6) is 2.35. The standard InChI is InChI=1S/C23H29N3O2.HI/c1-24-23(25-12-9-17-7-8-21-19(15-17)10-13-27-21)26-16-20-11-14-28-22(20)18-5-3-2-4-6-18;/h2-8,15,20,22H,9-14,16H2,1H3,(H2,24,25,26);1H. The lowest BCUT2D eigenvalue weighted by Gasteiger charge is -2.21. The van der Waals surface area contributed by atoms with Gasteiger partial charge in [-0.15, -0.1) is 24.0 Å². The van der Waals surface area contributed by atoms with E-state index in [-0.39, 0.29) is 30.1 Å². The smallest absolute Gasteiger partial charge is 0.190 e. The molecule has 4 rings (SSSR count). The zero-order valence-electron chi connectivity index (χ0n) is 16.9. The van der Waals surface area contributed by atoms with Gasteiger partial charge in [-0.3, -0.25) is 4.99 Å². The van der Waals surface area contributed by atoms with E-state index in [1.54, 1.807) is 0 Å². The highest BCUT2D eigenvalue weighted by molar-refractivity contribution is 14.0. The zero-order valence-corrected chi connectivity index (χ0v) is 19.2. The van der Waals surface area contributed by atoms with E-state index < -0.39 is 0 Å². The molecule has 2 aromatic rings. The molecule has 0 saturated carbocycles. The minimum atomic E-state index is 0. The molecule has 5 nitrogen and oxygen atoms in total. The largest absolute Gasteiger partial charge is 0.493 e. The van der Waals surface area contributed by atoms with Crippen molar-refractivity contribution in [3.8, 4) is 5.75 Å². The van der Waals surface area contributed by atoms with Crippen LogP contribution in [0.4, 0.5) is 0 Å². The van der Waals surface area contributed by atoms with E-state index in [0.717, 1.165) is 57.3 Å². The van der Waals surface area contributed by atoms with Crippen molar-refractivity contribution in [3.05, 3.63) is 65.2 Å². The highest BCUT2D eigenvalue weighted by atomic mass is 127. The predicted molar refractivity (Wildman–Crippen MR) is 127 cm³/mol. The van der Waals surface area contributed by atoms with Gasteiger partial charge < -0.3 is 20.1 Å². The number of benzene rings is 2. The maximum Gasteiger partial charge on any atom is 0.190 e. The molecule has 29 heavy (non-hydrogen) atoms. The van der Waals surface area contributed by atoms with E-state index in [9.17, 15) is 0 Å². The lowest BCUT2D eigenvalue weighted by atomic mass is 9.95. The predicted octanol–water partition coefficient (Wildman–Crippen LogP) is 3.72. The Hall–Kier alpha value is -1.80. The SMILES string of the molecule is CN=C(NCCc1ccc2c(c1)CCO2)NCC1CCOC1c1ccccc1.I. The lowest BCUT2D eigenvalue weighted by molar-refractivity contribution is 0.0915. The van der Waals surface area contributed by atoms with Crippen molar-refractivity contribution in [1.82, 2.24) is 10.6 Å². The van der Waals surface area contributed by atoms with Crippen molar-refractivity contribution < 1.29 is 9.47 Å². The summed E-state index contributed by atoms with van der Waals surface area (Å²) < 4.78 is 11.6. The minimum Gasteiger partial charge on any atom is -0.493 e. The maximum absolute atomic E-state index is 5.98. The molecule has 0 aromatic heterocycles. The number of guanidine groups is 1. The van der Waals surface area contributed by atoms with E-state index in [4.69, 9.17) is 9.47 Å². The van der Waals surface area contributed by atoms with Crippen LogP contribution in [0.2, 0.25) is 0 Å². The number of ether oxygens (including phenoxy) is 2. The first kappa shape index (κ1) is 21.9. The lowest BCUT2D eigenvalue weighted by Crippen LogP contribution is -2.41. The monoisotopic (exact) mass is 507 g/mol. The number of nitrogens with one attached hydrogen (secondary N) is 2. The summed E-state index contributed by atoms with van der Waals surface area (Å²) in [6.07, 6.45) is 3.22. The zero-order chi connectivity index (χ0) is 19.2. The molecule has 1 fully saturated rings. The first-order chi connectivity index (χ1) is 13.8. The van der Waals surface area contributed by atoms with Gasteiger partial charge in [-0.1, -0.05) is 42.5 Å². The second-order valence-electron chi connectivity index (χ2n) is 7.42. The summed E-state index contributed by atoms with van der Waals surface area (Å²) in [4.78, 5) is 4.37. The molecular weight excluding hydrogens is 477 g/mol. The van der Waals surface area contributed by atoms with Crippen LogP contribution in [-0.4, -0.2) is 39.3 Å². The fourth-order valence-electron chi connectivity index (χ4n) is 4.02. The summed E-state index contributed by atoms with van der Waals surface area (Å²) in [6, 6.07) is 17.0. The summed E-state index contributed by atoms with van der Waals surface area (Å²) >= 11 is 0. The van der Waals surface area contributed by atoms with Gasteiger partial charge in [0.15, 0.2) is 5.96 Å². The Bertz CT molecular complexity index is 813. The molecule has 2 aliphatic heterocycles. The molecule has 0 amide bonds. The second kappa shape index (κ2) is 10.8. The van der Waals surface area contributed by atoms with Gasteiger partial charge in [0.1, 0.15) is 5.75 Å². The molecule has 2 aromatic carbocycles. The second-order valence-corrected chi connectivity index (χ2v) is 7.42. The molecule has 0 spiro atoms. The Morgan fingerprint density at radius 1 is 1.10 bits per heavy atom. The van der Waals surface area contributed by atoms with Gasteiger partial charge in [0, 0.05) is 39.1 Å². The molecule has 2 aliphatic rings. The van der Waals surface area contributed by atoms with Crippen LogP contribution < -0.4 is 15.4 Å². The number of rotatable bonds is 6. The summed E-state index contributed by atoms with van der Waals surface area (Å²) in [7, 11) is 1.82. The molecule has 0 radical (unpaired) electrons. The Kier molecular flexibility index (Phi) is 8.18. The summed E-state index contributed by atoms with van der Waals surface area (Å²) in [6.45, 7) is 3.33. The number of fused-ring (bicyclic) bond motifs is 1. The molecule has 2 heterocycles. The molecule has 156 valence electrons. The highest BCUT2D eigenvalue weighted by Crippen LogP contribution is 2.33. The minimum absolute atomic E-state index is 0. The van der Waals surface area contributed by atoms with Gasteiger partial charge in [0.05, 0.1) is 12.7 Å². The van der Waals surface area contributed by atoms with Crippen molar-refractivity contribution in [1.29, 1.82) is 0 Å². The fraction of sp³-hybridized carbons (Fsp3) is 0.435. The number of halogens is 1. The van der Waals surface area contributed by atoms with Crippen molar-refractivity contribution in [2.45, 2.75) is 25.4 Å². The van der Waals surface area contributed by atoms with Gasteiger partial charge in [-0.05, 0) is 35.6 Å². The van der Waals surface area contributed by atoms with Crippen LogP contribution in [0, 0.1) is 5.92 Å². The first-order valence-corrected chi connectivity index (χ1v) is 10.2. The van der Waals surface area contributed by atoms with E-state index >= 15 is 0 Å². The molecule has 1 saturated heterocycles. The summed E-state index contributed by atoms with van der Waals surface area (Å²) in [5.41, 5.74) is 3.92. The van der Waals surface area contributed by atoms with Gasteiger partial charge in [-0.2, -0.15) is 0 Å². The Labute approximate surface area is 190 Å². The van der Waals surface area contributed by atoms with E-state index in [0.29, 0.717) is 5.92 Å². The fourth-order valence-corrected chi connectivity index (χ4v) is 4.02. The van der Waals surface area contributed by atoms with Crippen molar-refractivity contribution in [3.63, 3.8) is 0 Å². The number of nitrogens with zero attached hydrogens (tertiary/aromatic N) is 1. The van der Waals surface area contributed by atoms with Crippen LogP contribution in [0.25, 0.3) is 0 Å². The van der Waals surface area contributed by atoms with Crippen LogP contribution in [0.15, 0.2) is 53.5 Å². The molecule has 2 atom stereocenters. The van der Waals surface area contributed by atoms with E-state index in [2.05, 4.69) is 58.1 Å². The maximum atomic E-state index is 5.98. The average Bonchev–Trinajstić information content (AvgIpc) is 3.40. The van der Waals surface area contributed by atoms with Gasteiger partial charge >= 0.3 is 0 Å². The van der Waals surface area contributed by atoms with Crippen LogP contribution in [0.3, 0.4) is 0 Å². The third-order valence-electron chi connectivity index (χ3n) is 5.56.